The van der Waals surface area contributed by atoms with Crippen LogP contribution in [0, 0.1) is 37.5 Å². The highest BCUT2D eigenvalue weighted by molar-refractivity contribution is 5.97. The van der Waals surface area contributed by atoms with Crippen LogP contribution in [0.4, 0.5) is 5.69 Å². The van der Waals surface area contributed by atoms with Crippen molar-refractivity contribution in [1.29, 1.82) is 0 Å². The van der Waals surface area contributed by atoms with Crippen LogP contribution in [0.15, 0.2) is 41.5 Å². The molecule has 4 heteroatoms. The van der Waals surface area contributed by atoms with Gasteiger partial charge in [-0.1, -0.05) is 35.4 Å². The summed E-state index contributed by atoms with van der Waals surface area (Å²) in [6.45, 7) is 7.83. The van der Waals surface area contributed by atoms with Crippen LogP contribution in [-0.4, -0.2) is 11.9 Å². The van der Waals surface area contributed by atoms with E-state index < -0.39 is 17.8 Å². The SMILES string of the molecule is CC(C)=C1[C@H]2C=C[C@@H]1[C@@H](C(=O)Nc1cc(C)ccc1C)[C@@H]2C(=O)[O-]. The molecule has 1 aromatic rings. The summed E-state index contributed by atoms with van der Waals surface area (Å²) in [4.78, 5) is 24.6. The molecule has 0 spiro atoms. The van der Waals surface area contributed by atoms with Gasteiger partial charge in [0.25, 0.3) is 0 Å². The van der Waals surface area contributed by atoms with Crippen molar-refractivity contribution in [2.75, 3.05) is 5.32 Å². The zero-order valence-corrected chi connectivity index (χ0v) is 14.4. The molecule has 126 valence electrons. The Kier molecular flexibility index (Phi) is 4.08. The molecule has 0 aromatic heterocycles. The van der Waals surface area contributed by atoms with Gasteiger partial charge in [0, 0.05) is 29.4 Å². The lowest BCUT2D eigenvalue weighted by Gasteiger charge is -2.27. The molecular weight excluding hydrogens is 302 g/mol. The van der Waals surface area contributed by atoms with Gasteiger partial charge >= 0.3 is 0 Å². The van der Waals surface area contributed by atoms with Crippen molar-refractivity contribution in [2.45, 2.75) is 27.7 Å². The van der Waals surface area contributed by atoms with Crippen molar-refractivity contribution in [3.63, 3.8) is 0 Å². The maximum absolute atomic E-state index is 12.9. The molecule has 0 radical (unpaired) electrons. The fraction of sp³-hybridized carbons (Fsp3) is 0.400. The summed E-state index contributed by atoms with van der Waals surface area (Å²) in [5.74, 6) is -3.17. The normalized spacial score (nSPS) is 27.4. The highest BCUT2D eigenvalue weighted by Gasteiger charge is 2.52. The van der Waals surface area contributed by atoms with Gasteiger partial charge in [0.15, 0.2) is 0 Å². The van der Waals surface area contributed by atoms with Crippen LogP contribution in [0.2, 0.25) is 0 Å². The molecular formula is C20H22NO3-. The van der Waals surface area contributed by atoms with Gasteiger partial charge in [0.2, 0.25) is 5.91 Å². The van der Waals surface area contributed by atoms with E-state index in [9.17, 15) is 14.7 Å². The molecule has 1 fully saturated rings. The second kappa shape index (κ2) is 5.93. The average molecular weight is 324 g/mol. The van der Waals surface area contributed by atoms with Crippen LogP contribution in [0.5, 0.6) is 0 Å². The maximum Gasteiger partial charge on any atom is 0.229 e. The van der Waals surface area contributed by atoms with Crippen molar-refractivity contribution < 1.29 is 14.7 Å². The Bertz CT molecular complexity index is 771. The first kappa shape index (κ1) is 16.5. The summed E-state index contributed by atoms with van der Waals surface area (Å²) in [6.07, 6.45) is 3.88. The molecule has 0 saturated heterocycles. The smallest absolute Gasteiger partial charge is 0.229 e. The van der Waals surface area contributed by atoms with Crippen LogP contribution in [-0.2, 0) is 9.59 Å². The van der Waals surface area contributed by atoms with Crippen LogP contribution >= 0.6 is 0 Å². The number of rotatable bonds is 3. The van der Waals surface area contributed by atoms with Gasteiger partial charge in [-0.2, -0.15) is 0 Å². The van der Waals surface area contributed by atoms with E-state index in [0.29, 0.717) is 0 Å². The van der Waals surface area contributed by atoms with E-state index in [1.807, 2.05) is 58.0 Å². The summed E-state index contributed by atoms with van der Waals surface area (Å²) < 4.78 is 0. The highest BCUT2D eigenvalue weighted by Crippen LogP contribution is 2.53. The van der Waals surface area contributed by atoms with Gasteiger partial charge in [-0.25, -0.2) is 0 Å². The summed E-state index contributed by atoms with van der Waals surface area (Å²) in [5.41, 5.74) is 4.89. The second-order valence-corrected chi connectivity index (χ2v) is 7.07. The Labute approximate surface area is 142 Å². The Hall–Kier alpha value is -2.36. The first-order chi connectivity index (χ1) is 11.3. The lowest BCUT2D eigenvalue weighted by Crippen LogP contribution is -2.42. The number of amides is 1. The monoisotopic (exact) mass is 324 g/mol. The van der Waals surface area contributed by atoms with Crippen LogP contribution in [0.3, 0.4) is 0 Å². The van der Waals surface area contributed by atoms with Crippen molar-refractivity contribution in [3.8, 4) is 0 Å². The number of aliphatic carboxylic acids is 1. The van der Waals surface area contributed by atoms with Crippen molar-refractivity contribution >= 4 is 17.6 Å². The van der Waals surface area contributed by atoms with Gasteiger partial charge in [-0.3, -0.25) is 4.79 Å². The summed E-state index contributed by atoms with van der Waals surface area (Å²) in [6, 6.07) is 5.84. The Balaban J connectivity index is 1.94. The second-order valence-electron chi connectivity index (χ2n) is 7.07. The molecule has 3 rings (SSSR count). The van der Waals surface area contributed by atoms with Crippen LogP contribution in [0.25, 0.3) is 0 Å². The van der Waals surface area contributed by atoms with E-state index in [4.69, 9.17) is 0 Å². The minimum atomic E-state index is -1.15. The molecule has 0 unspecified atom stereocenters. The third kappa shape index (κ3) is 2.56. The van der Waals surface area contributed by atoms with Crippen LogP contribution < -0.4 is 10.4 Å². The fourth-order valence-corrected chi connectivity index (χ4v) is 4.11. The molecule has 2 bridgehead atoms. The predicted octanol–water partition coefficient (Wildman–Crippen LogP) is 2.38. The molecule has 0 aliphatic heterocycles. The first-order valence-electron chi connectivity index (χ1n) is 8.26. The van der Waals surface area contributed by atoms with E-state index in [1.54, 1.807) is 0 Å². The molecule has 2 aliphatic rings. The number of benzene rings is 1. The number of carbonyl (C=O) groups is 2. The van der Waals surface area contributed by atoms with Crippen molar-refractivity contribution in [1.82, 2.24) is 0 Å². The number of aryl methyl sites for hydroxylation is 2. The van der Waals surface area contributed by atoms with Gasteiger partial charge in [0.1, 0.15) is 0 Å². The Morgan fingerprint density at radius 2 is 1.67 bits per heavy atom. The molecule has 24 heavy (non-hydrogen) atoms. The van der Waals surface area contributed by atoms with Crippen LogP contribution in [0.1, 0.15) is 25.0 Å². The lowest BCUT2D eigenvalue weighted by atomic mass is 9.82. The number of carboxylic acid groups (broad SMARTS) is 1. The van der Waals surface area contributed by atoms with E-state index in [0.717, 1.165) is 28.0 Å². The van der Waals surface area contributed by atoms with E-state index >= 15 is 0 Å². The quantitative estimate of drug-likeness (QED) is 0.868. The number of allylic oxidation sites excluding steroid dienone is 4. The lowest BCUT2D eigenvalue weighted by molar-refractivity contribution is -0.313. The highest BCUT2D eigenvalue weighted by atomic mass is 16.4. The predicted molar refractivity (Wildman–Crippen MR) is 91.0 cm³/mol. The Morgan fingerprint density at radius 3 is 2.25 bits per heavy atom. The zero-order valence-electron chi connectivity index (χ0n) is 14.4. The topological polar surface area (TPSA) is 69.2 Å². The van der Waals surface area contributed by atoms with Gasteiger partial charge in [-0.15, -0.1) is 0 Å². The molecule has 2 aliphatic carbocycles. The summed E-state index contributed by atoms with van der Waals surface area (Å²) in [7, 11) is 0. The van der Waals surface area contributed by atoms with Crippen molar-refractivity contribution in [3.05, 3.63) is 52.6 Å². The van der Waals surface area contributed by atoms with E-state index in [2.05, 4.69) is 5.32 Å². The van der Waals surface area contributed by atoms with E-state index in [-0.39, 0.29) is 17.7 Å². The number of hydrogen-bond acceptors (Lipinski definition) is 3. The molecule has 1 N–H and O–H groups in total. The molecule has 0 heterocycles. The van der Waals surface area contributed by atoms with Gasteiger partial charge in [-0.05, 0) is 44.9 Å². The van der Waals surface area contributed by atoms with E-state index in [1.165, 1.54) is 0 Å². The number of carboxylic acids is 1. The van der Waals surface area contributed by atoms with Gasteiger partial charge in [0.05, 0.1) is 5.92 Å². The number of nitrogens with one attached hydrogen (secondary N) is 1. The third-order valence-corrected chi connectivity index (χ3v) is 5.21. The molecule has 1 aromatic carbocycles. The third-order valence-electron chi connectivity index (χ3n) is 5.21. The average Bonchev–Trinajstić information content (AvgIpc) is 3.06. The number of carbonyl (C=O) groups excluding carboxylic acids is 2. The summed E-state index contributed by atoms with van der Waals surface area (Å²) in [5, 5.41) is 14.6. The summed E-state index contributed by atoms with van der Waals surface area (Å²) >= 11 is 0. The standard InChI is InChI=1S/C20H23NO3/c1-10(2)16-13-7-8-14(16)18(20(23)24)17(13)19(22)21-15-9-11(3)5-6-12(15)4/h5-9,13-14,17-18H,1-4H3,(H,21,22)(H,23,24)/p-1/t13-,14+,17+,18+/m0/s1. The largest absolute Gasteiger partial charge is 0.550 e. The first-order valence-corrected chi connectivity index (χ1v) is 8.26. The minimum Gasteiger partial charge on any atom is -0.550 e. The number of fused-ring (bicyclic) bond motifs is 2. The zero-order chi connectivity index (χ0) is 17.6. The molecule has 1 saturated carbocycles. The number of hydrogen-bond donors (Lipinski definition) is 1. The minimum absolute atomic E-state index is 0.145. The number of anilines is 1. The van der Waals surface area contributed by atoms with Gasteiger partial charge < -0.3 is 15.2 Å². The van der Waals surface area contributed by atoms with Crippen molar-refractivity contribution in [2.24, 2.45) is 23.7 Å². The molecule has 4 nitrogen and oxygen atoms in total. The Morgan fingerprint density at radius 1 is 1.04 bits per heavy atom. The molecule has 1 amide bonds. The fourth-order valence-electron chi connectivity index (χ4n) is 4.11. The molecule has 4 atom stereocenters. The maximum atomic E-state index is 12.9.